The molecular weight excluding hydrogens is 153 g/mol. The monoisotopic (exact) mass is 165 g/mol. The highest BCUT2D eigenvalue weighted by Gasteiger charge is 2.48. The number of rotatable bonds is 1. The van der Waals surface area contributed by atoms with Gasteiger partial charge in [0.25, 0.3) is 0 Å². The molecule has 64 valence electrons. The van der Waals surface area contributed by atoms with Crippen LogP contribution in [0.15, 0.2) is 24.3 Å². The van der Waals surface area contributed by atoms with Crippen LogP contribution < -0.4 is 5.73 Å². The summed E-state index contributed by atoms with van der Waals surface area (Å²) in [6, 6.07) is 6.92. The molecule has 2 N–H and O–H groups in total. The van der Waals surface area contributed by atoms with E-state index in [1.54, 1.807) is 12.1 Å². The van der Waals surface area contributed by atoms with E-state index in [4.69, 9.17) is 5.73 Å². The van der Waals surface area contributed by atoms with Crippen molar-refractivity contribution >= 4 is 0 Å². The molecule has 1 aromatic rings. The van der Waals surface area contributed by atoms with Crippen molar-refractivity contribution in [1.29, 1.82) is 0 Å². The van der Waals surface area contributed by atoms with E-state index in [9.17, 15) is 4.39 Å². The molecule has 1 fully saturated rings. The van der Waals surface area contributed by atoms with Gasteiger partial charge < -0.3 is 5.73 Å². The number of nitrogens with two attached hydrogens (primary N) is 1. The fraction of sp³-hybridized carbons (Fsp3) is 0.400. The predicted molar refractivity (Wildman–Crippen MR) is 46.3 cm³/mol. The second-order valence-electron chi connectivity index (χ2n) is 3.74. The summed E-state index contributed by atoms with van der Waals surface area (Å²) in [5, 5.41) is 0. The minimum Gasteiger partial charge on any atom is -0.327 e. The Labute approximate surface area is 71.4 Å². The van der Waals surface area contributed by atoms with Gasteiger partial charge in [-0.3, -0.25) is 0 Å². The van der Waals surface area contributed by atoms with E-state index in [-0.39, 0.29) is 17.3 Å². The largest absolute Gasteiger partial charge is 0.327 e. The first-order valence-electron chi connectivity index (χ1n) is 4.14. The molecule has 2 rings (SSSR count). The second kappa shape index (κ2) is 2.30. The van der Waals surface area contributed by atoms with Gasteiger partial charge in [-0.1, -0.05) is 19.1 Å². The summed E-state index contributed by atoms with van der Waals surface area (Å²) in [7, 11) is 0. The summed E-state index contributed by atoms with van der Waals surface area (Å²) in [5.74, 6) is -0.173. The van der Waals surface area contributed by atoms with Crippen LogP contribution in [0.4, 0.5) is 4.39 Å². The molecule has 0 heterocycles. The maximum atomic E-state index is 12.8. The lowest BCUT2D eigenvalue weighted by molar-refractivity contribution is 0.619. The van der Waals surface area contributed by atoms with Gasteiger partial charge >= 0.3 is 0 Å². The lowest BCUT2D eigenvalue weighted by Crippen LogP contribution is -2.14. The Balaban J connectivity index is 2.36. The van der Waals surface area contributed by atoms with E-state index < -0.39 is 0 Å². The van der Waals surface area contributed by atoms with Gasteiger partial charge in [0.05, 0.1) is 0 Å². The molecule has 0 aromatic heterocycles. The molecule has 1 saturated carbocycles. The second-order valence-corrected chi connectivity index (χ2v) is 3.74. The van der Waals surface area contributed by atoms with E-state index in [1.165, 1.54) is 6.07 Å². The third kappa shape index (κ3) is 1.03. The summed E-state index contributed by atoms with van der Waals surface area (Å²) in [5.41, 5.74) is 6.81. The Kier molecular flexibility index (Phi) is 1.48. The molecule has 0 aliphatic heterocycles. The summed E-state index contributed by atoms with van der Waals surface area (Å²) in [6.45, 7) is 2.08. The highest BCUT2D eigenvalue weighted by atomic mass is 19.1. The van der Waals surface area contributed by atoms with Crippen molar-refractivity contribution in [2.75, 3.05) is 0 Å². The molecule has 1 nitrogen and oxygen atoms in total. The molecule has 0 spiro atoms. The van der Waals surface area contributed by atoms with Crippen molar-refractivity contribution in [2.24, 2.45) is 5.73 Å². The highest BCUT2D eigenvalue weighted by molar-refractivity contribution is 5.34. The molecule has 2 atom stereocenters. The highest BCUT2D eigenvalue weighted by Crippen LogP contribution is 2.46. The quantitative estimate of drug-likeness (QED) is 0.674. The normalized spacial score (nSPS) is 33.4. The van der Waals surface area contributed by atoms with Crippen molar-refractivity contribution < 1.29 is 4.39 Å². The van der Waals surface area contributed by atoms with E-state index >= 15 is 0 Å². The fourth-order valence-electron chi connectivity index (χ4n) is 1.57. The molecule has 0 radical (unpaired) electrons. The Morgan fingerprint density at radius 3 is 2.75 bits per heavy atom. The predicted octanol–water partition coefficient (Wildman–Crippen LogP) is 1.81. The van der Waals surface area contributed by atoms with Crippen molar-refractivity contribution in [2.45, 2.75) is 24.8 Å². The van der Waals surface area contributed by atoms with Crippen LogP contribution >= 0.6 is 0 Å². The summed E-state index contributed by atoms with van der Waals surface area (Å²) in [6.07, 6.45) is 0.969. The number of benzene rings is 1. The van der Waals surface area contributed by atoms with E-state index in [2.05, 4.69) is 6.92 Å². The molecule has 1 aromatic carbocycles. The summed E-state index contributed by atoms with van der Waals surface area (Å²) < 4.78 is 12.8. The van der Waals surface area contributed by atoms with Gasteiger partial charge in [0.1, 0.15) is 5.82 Å². The Bertz CT molecular complexity index is 310. The van der Waals surface area contributed by atoms with E-state index in [0.29, 0.717) is 0 Å². The molecule has 1 aliphatic rings. The third-order valence-corrected chi connectivity index (χ3v) is 2.79. The van der Waals surface area contributed by atoms with Gasteiger partial charge in [0.15, 0.2) is 0 Å². The molecule has 0 unspecified atom stereocenters. The molecule has 12 heavy (non-hydrogen) atoms. The minimum absolute atomic E-state index is 0.0299. The first kappa shape index (κ1) is 7.74. The van der Waals surface area contributed by atoms with Crippen LogP contribution in [-0.4, -0.2) is 6.04 Å². The molecular formula is C10H12FN. The van der Waals surface area contributed by atoms with Crippen LogP contribution in [0.2, 0.25) is 0 Å². The minimum atomic E-state index is -0.173. The van der Waals surface area contributed by atoms with Crippen LogP contribution in [0.3, 0.4) is 0 Å². The average Bonchev–Trinajstić information content (AvgIpc) is 2.61. The van der Waals surface area contributed by atoms with Crippen LogP contribution in [0, 0.1) is 5.82 Å². The van der Waals surface area contributed by atoms with Crippen molar-refractivity contribution in [3.63, 3.8) is 0 Å². The SMILES string of the molecule is C[C@]1(c2cccc(F)c2)C[C@H]1N. The van der Waals surface area contributed by atoms with E-state index in [0.717, 1.165) is 12.0 Å². The zero-order valence-electron chi connectivity index (χ0n) is 7.05. The number of hydrogen-bond donors (Lipinski definition) is 1. The van der Waals surface area contributed by atoms with Gasteiger partial charge in [-0.05, 0) is 24.1 Å². The van der Waals surface area contributed by atoms with Gasteiger partial charge in [-0.25, -0.2) is 4.39 Å². The molecule has 2 heteroatoms. The van der Waals surface area contributed by atoms with Crippen LogP contribution in [0.1, 0.15) is 18.9 Å². The summed E-state index contributed by atoms with van der Waals surface area (Å²) >= 11 is 0. The molecule has 0 saturated heterocycles. The standard InChI is InChI=1S/C10H12FN/c1-10(6-9(10)12)7-3-2-4-8(11)5-7/h2-5,9H,6,12H2,1H3/t9-,10-/m1/s1. The Morgan fingerprint density at radius 1 is 1.58 bits per heavy atom. The summed E-state index contributed by atoms with van der Waals surface area (Å²) in [4.78, 5) is 0. The fourth-order valence-corrected chi connectivity index (χ4v) is 1.57. The Morgan fingerprint density at radius 2 is 2.25 bits per heavy atom. The third-order valence-electron chi connectivity index (χ3n) is 2.79. The lowest BCUT2D eigenvalue weighted by Gasteiger charge is -2.09. The van der Waals surface area contributed by atoms with Crippen LogP contribution in [-0.2, 0) is 5.41 Å². The zero-order valence-corrected chi connectivity index (χ0v) is 7.05. The van der Waals surface area contributed by atoms with Gasteiger partial charge in [0.2, 0.25) is 0 Å². The van der Waals surface area contributed by atoms with Crippen LogP contribution in [0.25, 0.3) is 0 Å². The Hall–Kier alpha value is -0.890. The van der Waals surface area contributed by atoms with Gasteiger partial charge in [-0.2, -0.15) is 0 Å². The number of hydrogen-bond acceptors (Lipinski definition) is 1. The zero-order chi connectivity index (χ0) is 8.77. The molecule has 1 aliphatic carbocycles. The molecule has 0 bridgehead atoms. The van der Waals surface area contributed by atoms with Crippen molar-refractivity contribution in [1.82, 2.24) is 0 Å². The topological polar surface area (TPSA) is 26.0 Å². The lowest BCUT2D eigenvalue weighted by atomic mass is 9.97. The first-order chi connectivity index (χ1) is 5.63. The first-order valence-corrected chi connectivity index (χ1v) is 4.14. The molecule has 0 amide bonds. The maximum Gasteiger partial charge on any atom is 0.123 e. The van der Waals surface area contributed by atoms with Gasteiger partial charge in [0, 0.05) is 11.5 Å². The average molecular weight is 165 g/mol. The van der Waals surface area contributed by atoms with E-state index in [1.807, 2.05) is 6.07 Å². The van der Waals surface area contributed by atoms with Crippen molar-refractivity contribution in [3.05, 3.63) is 35.6 Å². The van der Waals surface area contributed by atoms with Gasteiger partial charge in [-0.15, -0.1) is 0 Å². The van der Waals surface area contributed by atoms with Crippen LogP contribution in [0.5, 0.6) is 0 Å². The van der Waals surface area contributed by atoms with Crippen molar-refractivity contribution in [3.8, 4) is 0 Å². The number of halogens is 1. The smallest absolute Gasteiger partial charge is 0.123 e. The maximum absolute atomic E-state index is 12.8.